The van der Waals surface area contributed by atoms with E-state index >= 15 is 0 Å². The van der Waals surface area contributed by atoms with Crippen molar-refractivity contribution in [1.29, 1.82) is 0 Å². The number of nitrogens with zero attached hydrogens (tertiary/aromatic N) is 1. The highest BCUT2D eigenvalue weighted by molar-refractivity contribution is 5.68. The van der Waals surface area contributed by atoms with Gasteiger partial charge in [-0.2, -0.15) is 0 Å². The number of hydrogen-bond acceptors (Lipinski definition) is 5. The Balaban J connectivity index is 1.33. The highest BCUT2D eigenvalue weighted by Gasteiger charge is 2.45. The standard InChI is InChI=1S/C30H47NO5/c1-2-3-5-10-24(35-17-16-31-14-6-4-7-15-31)12-13-25-26-18-22-9-8-11-29(36-21-30(33)34)27(22)19-23(26)20-28(25)32/h8-9,11,23-26,28,32H,2-7,10,12-21H2,1H3,(H,33,34)/t23-,24-,25+,26-,28+/m0/s1. The molecule has 1 saturated heterocycles. The number of rotatable bonds is 14. The van der Waals surface area contributed by atoms with Crippen LogP contribution in [0.5, 0.6) is 5.75 Å². The molecule has 0 radical (unpaired) electrons. The van der Waals surface area contributed by atoms with Crippen LogP contribution in [0.4, 0.5) is 0 Å². The van der Waals surface area contributed by atoms with Crippen molar-refractivity contribution < 1.29 is 24.5 Å². The largest absolute Gasteiger partial charge is 0.482 e. The number of likely N-dealkylation sites (tertiary alicyclic amines) is 1. The molecule has 1 aliphatic heterocycles. The van der Waals surface area contributed by atoms with E-state index in [-0.39, 0.29) is 12.7 Å². The number of unbranched alkanes of at least 4 members (excludes halogenated alkanes) is 2. The molecular weight excluding hydrogens is 454 g/mol. The molecule has 1 aromatic carbocycles. The molecule has 3 aliphatic rings. The average Bonchev–Trinajstić information content (AvgIpc) is 3.18. The third-order valence-corrected chi connectivity index (χ3v) is 8.86. The lowest BCUT2D eigenvalue weighted by Gasteiger charge is -2.33. The van der Waals surface area contributed by atoms with Crippen LogP contribution in [0, 0.1) is 17.8 Å². The minimum Gasteiger partial charge on any atom is -0.482 e. The molecule has 6 nitrogen and oxygen atoms in total. The Morgan fingerprint density at radius 1 is 1.14 bits per heavy atom. The summed E-state index contributed by atoms with van der Waals surface area (Å²) in [6.07, 6.45) is 13.6. The molecule has 5 atom stereocenters. The Morgan fingerprint density at radius 3 is 2.75 bits per heavy atom. The molecule has 2 fully saturated rings. The number of aliphatic carboxylic acids is 1. The zero-order chi connectivity index (χ0) is 25.3. The summed E-state index contributed by atoms with van der Waals surface area (Å²) in [5.74, 6) is 0.970. The Labute approximate surface area is 217 Å². The van der Waals surface area contributed by atoms with Crippen molar-refractivity contribution in [3.8, 4) is 5.75 Å². The van der Waals surface area contributed by atoms with Crippen molar-refractivity contribution in [2.45, 2.75) is 96.2 Å². The first-order valence-electron chi connectivity index (χ1n) is 14.5. The maximum absolute atomic E-state index is 11.1. The highest BCUT2D eigenvalue weighted by Crippen LogP contribution is 2.48. The predicted molar refractivity (Wildman–Crippen MR) is 141 cm³/mol. The van der Waals surface area contributed by atoms with Crippen molar-refractivity contribution >= 4 is 5.97 Å². The summed E-state index contributed by atoms with van der Waals surface area (Å²) < 4.78 is 12.0. The smallest absolute Gasteiger partial charge is 0.341 e. The van der Waals surface area contributed by atoms with Gasteiger partial charge in [0.05, 0.1) is 18.8 Å². The first-order chi connectivity index (χ1) is 17.5. The number of benzene rings is 1. The molecule has 0 aromatic heterocycles. The van der Waals surface area contributed by atoms with Crippen molar-refractivity contribution in [2.24, 2.45) is 17.8 Å². The number of hydrogen-bond donors (Lipinski definition) is 2. The van der Waals surface area contributed by atoms with Crippen molar-refractivity contribution in [2.75, 3.05) is 32.8 Å². The second-order valence-electron chi connectivity index (χ2n) is 11.3. The van der Waals surface area contributed by atoms with Gasteiger partial charge in [-0.25, -0.2) is 4.79 Å². The molecule has 0 bridgehead atoms. The number of aliphatic hydroxyl groups excluding tert-OH is 1. The van der Waals surface area contributed by atoms with E-state index in [1.165, 1.54) is 57.2 Å². The molecule has 1 saturated carbocycles. The van der Waals surface area contributed by atoms with Crippen LogP contribution in [0.25, 0.3) is 0 Å². The molecule has 2 aliphatic carbocycles. The second-order valence-corrected chi connectivity index (χ2v) is 11.3. The van der Waals surface area contributed by atoms with E-state index in [1.54, 1.807) is 0 Å². The second kappa shape index (κ2) is 13.8. The van der Waals surface area contributed by atoms with Crippen LogP contribution in [0.1, 0.15) is 82.3 Å². The number of carboxylic acid groups (broad SMARTS) is 1. The summed E-state index contributed by atoms with van der Waals surface area (Å²) in [5.41, 5.74) is 2.40. The van der Waals surface area contributed by atoms with Gasteiger partial charge in [0.25, 0.3) is 0 Å². The predicted octanol–water partition coefficient (Wildman–Crippen LogP) is 5.09. The van der Waals surface area contributed by atoms with Gasteiger partial charge in [-0.3, -0.25) is 0 Å². The Hall–Kier alpha value is -1.63. The molecule has 6 heteroatoms. The summed E-state index contributed by atoms with van der Waals surface area (Å²) in [7, 11) is 0. The van der Waals surface area contributed by atoms with Gasteiger partial charge in [0.1, 0.15) is 5.75 Å². The minimum absolute atomic E-state index is 0.262. The Bertz CT molecular complexity index is 824. The molecule has 0 spiro atoms. The van der Waals surface area contributed by atoms with Crippen LogP contribution in [0.2, 0.25) is 0 Å². The normalized spacial score (nSPS) is 26.8. The lowest BCUT2D eigenvalue weighted by Crippen LogP contribution is -2.34. The van der Waals surface area contributed by atoms with Gasteiger partial charge in [-0.05, 0) is 99.4 Å². The van der Waals surface area contributed by atoms with Crippen molar-refractivity contribution in [3.63, 3.8) is 0 Å². The quantitative estimate of drug-likeness (QED) is 0.346. The summed E-state index contributed by atoms with van der Waals surface area (Å²) in [5, 5.41) is 20.1. The van der Waals surface area contributed by atoms with Crippen LogP contribution in [0.15, 0.2) is 18.2 Å². The van der Waals surface area contributed by atoms with Gasteiger partial charge in [-0.15, -0.1) is 0 Å². The number of fused-ring (bicyclic) bond motifs is 2. The fraction of sp³-hybridized carbons (Fsp3) is 0.767. The minimum atomic E-state index is -0.954. The molecule has 4 rings (SSSR count). The van der Waals surface area contributed by atoms with Crippen molar-refractivity contribution in [3.05, 3.63) is 29.3 Å². The van der Waals surface area contributed by atoms with E-state index in [4.69, 9.17) is 14.6 Å². The highest BCUT2D eigenvalue weighted by atomic mass is 16.5. The van der Waals surface area contributed by atoms with E-state index in [2.05, 4.69) is 17.9 Å². The monoisotopic (exact) mass is 501 g/mol. The third kappa shape index (κ3) is 7.45. The molecule has 1 heterocycles. The molecule has 2 N–H and O–H groups in total. The number of carbonyl (C=O) groups is 1. The van der Waals surface area contributed by atoms with Crippen LogP contribution in [-0.4, -0.2) is 66.1 Å². The topological polar surface area (TPSA) is 79.2 Å². The fourth-order valence-electron chi connectivity index (χ4n) is 6.92. The number of carboxylic acids is 1. The van der Waals surface area contributed by atoms with E-state index in [0.717, 1.165) is 57.2 Å². The van der Waals surface area contributed by atoms with Gasteiger partial charge in [-0.1, -0.05) is 44.7 Å². The van der Waals surface area contributed by atoms with Crippen LogP contribution in [-0.2, 0) is 22.4 Å². The Morgan fingerprint density at radius 2 is 1.97 bits per heavy atom. The summed E-state index contributed by atoms with van der Waals surface area (Å²) in [6, 6.07) is 6.00. The van der Waals surface area contributed by atoms with Gasteiger partial charge >= 0.3 is 5.97 Å². The molecule has 0 unspecified atom stereocenters. The van der Waals surface area contributed by atoms with Crippen LogP contribution in [0.3, 0.4) is 0 Å². The molecule has 36 heavy (non-hydrogen) atoms. The maximum atomic E-state index is 11.1. The fourth-order valence-corrected chi connectivity index (χ4v) is 6.92. The van der Waals surface area contributed by atoms with Gasteiger partial charge in [0.2, 0.25) is 0 Å². The van der Waals surface area contributed by atoms with E-state index in [0.29, 0.717) is 29.6 Å². The lowest BCUT2D eigenvalue weighted by atomic mass is 9.73. The maximum Gasteiger partial charge on any atom is 0.341 e. The SMILES string of the molecule is CCCCC[C@@H](CC[C@@H]1[C@H]2Cc3cccc(OCC(=O)O)c3C[C@H]2C[C@H]1O)OCCN1CCCCC1. The first kappa shape index (κ1) is 27.4. The molecule has 202 valence electrons. The first-order valence-corrected chi connectivity index (χ1v) is 14.5. The van der Waals surface area contributed by atoms with Gasteiger partial charge in [0.15, 0.2) is 6.61 Å². The molecule has 1 aromatic rings. The average molecular weight is 502 g/mol. The summed E-state index contributed by atoms with van der Waals surface area (Å²) >= 11 is 0. The zero-order valence-corrected chi connectivity index (χ0v) is 22.2. The number of ether oxygens (including phenoxy) is 2. The summed E-state index contributed by atoms with van der Waals surface area (Å²) in [6.45, 7) is 6.23. The lowest BCUT2D eigenvalue weighted by molar-refractivity contribution is -0.139. The van der Waals surface area contributed by atoms with Crippen LogP contribution < -0.4 is 4.74 Å². The number of aliphatic hydroxyl groups is 1. The molecule has 0 amide bonds. The third-order valence-electron chi connectivity index (χ3n) is 8.86. The van der Waals surface area contributed by atoms with E-state index < -0.39 is 5.97 Å². The van der Waals surface area contributed by atoms with E-state index in [1.807, 2.05) is 12.1 Å². The van der Waals surface area contributed by atoms with Gasteiger partial charge in [0, 0.05) is 6.54 Å². The van der Waals surface area contributed by atoms with E-state index in [9.17, 15) is 9.90 Å². The van der Waals surface area contributed by atoms with Crippen molar-refractivity contribution in [1.82, 2.24) is 4.90 Å². The summed E-state index contributed by atoms with van der Waals surface area (Å²) in [4.78, 5) is 13.5. The zero-order valence-electron chi connectivity index (χ0n) is 22.2. The van der Waals surface area contributed by atoms with Crippen LogP contribution >= 0.6 is 0 Å². The number of piperidine rings is 1. The molecular formula is C30H47NO5. The van der Waals surface area contributed by atoms with Gasteiger partial charge < -0.3 is 24.6 Å². The Kier molecular flexibility index (Phi) is 10.5.